The van der Waals surface area contributed by atoms with Crippen LogP contribution in [0.25, 0.3) is 0 Å². The van der Waals surface area contributed by atoms with Gasteiger partial charge in [-0.25, -0.2) is 4.79 Å². The van der Waals surface area contributed by atoms with Crippen molar-refractivity contribution in [3.8, 4) is 11.8 Å². The van der Waals surface area contributed by atoms with E-state index in [1.807, 2.05) is 0 Å². The number of rotatable bonds is 9. The lowest BCUT2D eigenvalue weighted by Crippen LogP contribution is -2.50. The molecule has 1 aromatic carbocycles. The van der Waals surface area contributed by atoms with Crippen molar-refractivity contribution in [3.05, 3.63) is 29.8 Å². The molecule has 0 bridgehead atoms. The standard InChI is InChI=1S/C21H28N2O4/c1-2-3-7-14-26-18-10-8-17(9-11-18)20(25)27-15-19(24)23-21(16-22)12-5-4-6-13-21/h8-11H,2-7,12-15H2,1H3,(H,23,24). The Hall–Kier alpha value is -2.55. The smallest absolute Gasteiger partial charge is 0.338 e. The lowest BCUT2D eigenvalue weighted by molar-refractivity contribution is -0.125. The van der Waals surface area contributed by atoms with Crippen LogP contribution in [0.1, 0.15) is 68.6 Å². The SMILES string of the molecule is CCCCCOc1ccc(C(=O)OCC(=O)NC2(C#N)CCCCC2)cc1. The van der Waals surface area contributed by atoms with E-state index in [9.17, 15) is 14.9 Å². The lowest BCUT2D eigenvalue weighted by Gasteiger charge is -2.31. The third kappa shape index (κ3) is 6.59. The topological polar surface area (TPSA) is 88.4 Å². The van der Waals surface area contributed by atoms with Crippen LogP contribution in [0.15, 0.2) is 24.3 Å². The molecule has 27 heavy (non-hydrogen) atoms. The Labute approximate surface area is 160 Å². The normalized spacial score (nSPS) is 15.4. The van der Waals surface area contributed by atoms with Gasteiger partial charge in [0.15, 0.2) is 6.61 Å². The minimum Gasteiger partial charge on any atom is -0.494 e. The maximum absolute atomic E-state index is 12.1. The third-order valence-corrected chi connectivity index (χ3v) is 4.74. The number of hydrogen-bond donors (Lipinski definition) is 1. The molecule has 1 aliphatic rings. The predicted octanol–water partition coefficient (Wildman–Crippen LogP) is 3.76. The summed E-state index contributed by atoms with van der Waals surface area (Å²) >= 11 is 0. The summed E-state index contributed by atoms with van der Waals surface area (Å²) in [5.41, 5.74) is -0.463. The van der Waals surface area contributed by atoms with Gasteiger partial charge >= 0.3 is 5.97 Å². The maximum atomic E-state index is 12.1. The van der Waals surface area contributed by atoms with Crippen molar-refractivity contribution >= 4 is 11.9 Å². The van der Waals surface area contributed by atoms with Crippen LogP contribution < -0.4 is 10.1 Å². The molecule has 6 nitrogen and oxygen atoms in total. The van der Waals surface area contributed by atoms with Crippen LogP contribution in [0.2, 0.25) is 0 Å². The van der Waals surface area contributed by atoms with Gasteiger partial charge in [-0.05, 0) is 43.5 Å². The first-order valence-corrected chi connectivity index (χ1v) is 9.71. The average molecular weight is 372 g/mol. The molecule has 1 aromatic rings. The molecule has 0 unspecified atom stereocenters. The van der Waals surface area contributed by atoms with Crippen molar-refractivity contribution in [1.82, 2.24) is 5.32 Å². The zero-order valence-electron chi connectivity index (χ0n) is 16.0. The lowest BCUT2D eigenvalue weighted by atomic mass is 9.83. The fraction of sp³-hybridized carbons (Fsp3) is 0.571. The molecule has 1 saturated carbocycles. The highest BCUT2D eigenvalue weighted by Gasteiger charge is 2.33. The van der Waals surface area contributed by atoms with Gasteiger partial charge < -0.3 is 14.8 Å². The number of ether oxygens (including phenoxy) is 2. The van der Waals surface area contributed by atoms with Crippen LogP contribution in [0, 0.1) is 11.3 Å². The Morgan fingerprint density at radius 3 is 2.48 bits per heavy atom. The van der Waals surface area contributed by atoms with Crippen LogP contribution in [-0.4, -0.2) is 30.6 Å². The van der Waals surface area contributed by atoms with Crippen molar-refractivity contribution in [2.24, 2.45) is 0 Å². The molecule has 0 atom stereocenters. The quantitative estimate of drug-likeness (QED) is 0.527. The molecule has 6 heteroatoms. The second-order valence-electron chi connectivity index (χ2n) is 6.96. The Morgan fingerprint density at radius 1 is 1.15 bits per heavy atom. The summed E-state index contributed by atoms with van der Waals surface area (Å²) in [6, 6.07) is 8.88. The molecule has 0 aromatic heterocycles. The third-order valence-electron chi connectivity index (χ3n) is 4.74. The number of hydrogen-bond acceptors (Lipinski definition) is 5. The second-order valence-corrected chi connectivity index (χ2v) is 6.96. The van der Waals surface area contributed by atoms with Crippen molar-refractivity contribution in [2.45, 2.75) is 63.8 Å². The summed E-state index contributed by atoms with van der Waals surface area (Å²) < 4.78 is 10.7. The van der Waals surface area contributed by atoms with Gasteiger partial charge in [-0.3, -0.25) is 4.79 Å². The molecule has 1 N–H and O–H groups in total. The predicted molar refractivity (Wildman–Crippen MR) is 101 cm³/mol. The van der Waals surface area contributed by atoms with Gasteiger partial charge in [0, 0.05) is 0 Å². The molecule has 0 spiro atoms. The van der Waals surface area contributed by atoms with E-state index in [2.05, 4.69) is 18.3 Å². The van der Waals surface area contributed by atoms with Crippen LogP contribution in [-0.2, 0) is 9.53 Å². The van der Waals surface area contributed by atoms with Crippen molar-refractivity contribution in [3.63, 3.8) is 0 Å². The highest BCUT2D eigenvalue weighted by atomic mass is 16.5. The summed E-state index contributed by atoms with van der Waals surface area (Å²) in [4.78, 5) is 24.2. The monoisotopic (exact) mass is 372 g/mol. The minimum absolute atomic E-state index is 0.358. The summed E-state index contributed by atoms with van der Waals surface area (Å²) in [6.07, 6.45) is 7.45. The number of nitrogens with zero attached hydrogens (tertiary/aromatic N) is 1. The molecular weight excluding hydrogens is 344 g/mol. The fourth-order valence-corrected chi connectivity index (χ4v) is 3.17. The van der Waals surface area contributed by atoms with E-state index in [1.54, 1.807) is 24.3 Å². The van der Waals surface area contributed by atoms with Crippen LogP contribution in [0.4, 0.5) is 0 Å². The largest absolute Gasteiger partial charge is 0.494 e. The van der Waals surface area contributed by atoms with Gasteiger partial charge in [0.2, 0.25) is 0 Å². The zero-order chi connectivity index (χ0) is 19.5. The Balaban J connectivity index is 1.77. The van der Waals surface area contributed by atoms with Gasteiger partial charge in [-0.2, -0.15) is 5.26 Å². The van der Waals surface area contributed by atoms with Gasteiger partial charge in [0.05, 0.1) is 18.2 Å². The molecule has 0 radical (unpaired) electrons. The van der Waals surface area contributed by atoms with Crippen LogP contribution in [0.5, 0.6) is 5.75 Å². The number of unbranched alkanes of at least 4 members (excludes halogenated alkanes) is 2. The zero-order valence-corrected chi connectivity index (χ0v) is 16.0. The molecule has 0 saturated heterocycles. The molecule has 2 rings (SSSR count). The number of nitriles is 1. The maximum Gasteiger partial charge on any atom is 0.338 e. The second kappa shape index (κ2) is 10.6. The number of nitrogens with one attached hydrogen (secondary N) is 1. The summed E-state index contributed by atoms with van der Waals surface area (Å²) in [5.74, 6) is -0.311. The summed E-state index contributed by atoms with van der Waals surface area (Å²) in [6.45, 7) is 2.39. The number of esters is 1. The first-order valence-electron chi connectivity index (χ1n) is 9.71. The number of benzene rings is 1. The van der Waals surface area contributed by atoms with E-state index in [0.29, 0.717) is 30.8 Å². The van der Waals surface area contributed by atoms with E-state index in [0.717, 1.165) is 38.5 Å². The molecule has 0 heterocycles. The van der Waals surface area contributed by atoms with E-state index in [-0.39, 0.29) is 0 Å². The van der Waals surface area contributed by atoms with Gasteiger partial charge in [0.1, 0.15) is 11.3 Å². The van der Waals surface area contributed by atoms with Crippen LogP contribution in [0.3, 0.4) is 0 Å². The van der Waals surface area contributed by atoms with Gasteiger partial charge in [-0.1, -0.05) is 39.0 Å². The van der Waals surface area contributed by atoms with E-state index in [4.69, 9.17) is 9.47 Å². The fourth-order valence-electron chi connectivity index (χ4n) is 3.17. The summed E-state index contributed by atoms with van der Waals surface area (Å²) in [5, 5.41) is 12.1. The highest BCUT2D eigenvalue weighted by Crippen LogP contribution is 2.27. The van der Waals surface area contributed by atoms with Gasteiger partial charge in [0.25, 0.3) is 5.91 Å². The van der Waals surface area contributed by atoms with Crippen molar-refractivity contribution in [1.29, 1.82) is 5.26 Å². The molecule has 1 fully saturated rings. The number of amides is 1. The molecular formula is C21H28N2O4. The van der Waals surface area contributed by atoms with E-state index < -0.39 is 24.0 Å². The Bertz CT molecular complexity index is 658. The van der Waals surface area contributed by atoms with Crippen molar-refractivity contribution < 1.29 is 19.1 Å². The van der Waals surface area contributed by atoms with Crippen molar-refractivity contribution in [2.75, 3.05) is 13.2 Å². The number of carbonyl (C=O) groups is 2. The first kappa shape index (κ1) is 20.8. The Kier molecular flexibility index (Phi) is 8.12. The van der Waals surface area contributed by atoms with E-state index in [1.165, 1.54) is 0 Å². The molecule has 1 aliphatic carbocycles. The molecule has 1 amide bonds. The minimum atomic E-state index is -0.821. The molecule has 146 valence electrons. The number of carbonyl (C=O) groups excluding carboxylic acids is 2. The molecule has 0 aliphatic heterocycles. The Morgan fingerprint density at radius 2 is 1.85 bits per heavy atom. The first-order chi connectivity index (χ1) is 13.1. The average Bonchev–Trinajstić information content (AvgIpc) is 2.70. The highest BCUT2D eigenvalue weighted by molar-refractivity contribution is 5.91. The van der Waals surface area contributed by atoms with E-state index >= 15 is 0 Å². The summed E-state index contributed by atoms with van der Waals surface area (Å²) in [7, 11) is 0. The van der Waals surface area contributed by atoms with Gasteiger partial charge in [-0.15, -0.1) is 0 Å². The van der Waals surface area contributed by atoms with Crippen LogP contribution >= 0.6 is 0 Å².